The lowest BCUT2D eigenvalue weighted by Gasteiger charge is -2.24. The standard InChI is InChI=1S/C24H22N2O2/c1-25-24(28)22-16-20-9-5-6-10-21(20)26(22)23(27)15-17-11-13-19(14-12-17)18-7-3-2-4-8-18/h2-14,22H,15-16H2,1H3,(H,25,28). The number of benzene rings is 3. The van der Waals surface area contributed by atoms with Gasteiger partial charge in [0.25, 0.3) is 0 Å². The minimum absolute atomic E-state index is 0.0639. The Morgan fingerprint density at radius 2 is 1.54 bits per heavy atom. The van der Waals surface area contributed by atoms with Crippen molar-refractivity contribution in [3.63, 3.8) is 0 Å². The summed E-state index contributed by atoms with van der Waals surface area (Å²) in [5.74, 6) is -0.199. The van der Waals surface area contributed by atoms with Crippen LogP contribution in [-0.2, 0) is 22.4 Å². The van der Waals surface area contributed by atoms with Crippen molar-refractivity contribution in [2.45, 2.75) is 18.9 Å². The fourth-order valence-corrected chi connectivity index (χ4v) is 3.78. The van der Waals surface area contributed by atoms with E-state index in [-0.39, 0.29) is 18.2 Å². The zero-order valence-electron chi connectivity index (χ0n) is 15.8. The van der Waals surface area contributed by atoms with Crippen LogP contribution >= 0.6 is 0 Å². The molecule has 0 radical (unpaired) electrons. The van der Waals surface area contributed by atoms with Crippen molar-refractivity contribution in [3.05, 3.63) is 90.0 Å². The molecule has 1 unspecified atom stereocenters. The van der Waals surface area contributed by atoms with Crippen LogP contribution in [0.15, 0.2) is 78.9 Å². The van der Waals surface area contributed by atoms with Crippen molar-refractivity contribution < 1.29 is 9.59 Å². The van der Waals surface area contributed by atoms with Crippen LogP contribution in [0.1, 0.15) is 11.1 Å². The summed E-state index contributed by atoms with van der Waals surface area (Å²) in [4.78, 5) is 27.1. The van der Waals surface area contributed by atoms with Gasteiger partial charge in [-0.05, 0) is 28.3 Å². The molecule has 4 heteroatoms. The summed E-state index contributed by atoms with van der Waals surface area (Å²) in [7, 11) is 1.61. The van der Waals surface area contributed by atoms with Gasteiger partial charge in [0.1, 0.15) is 6.04 Å². The van der Waals surface area contributed by atoms with Crippen LogP contribution in [0.2, 0.25) is 0 Å². The smallest absolute Gasteiger partial charge is 0.243 e. The first-order chi connectivity index (χ1) is 13.7. The van der Waals surface area contributed by atoms with E-state index in [1.807, 2.05) is 66.7 Å². The number of amides is 2. The monoisotopic (exact) mass is 370 g/mol. The van der Waals surface area contributed by atoms with Gasteiger partial charge in [0.15, 0.2) is 0 Å². The molecule has 0 aromatic heterocycles. The van der Waals surface area contributed by atoms with Crippen molar-refractivity contribution in [3.8, 4) is 11.1 Å². The summed E-state index contributed by atoms with van der Waals surface area (Å²) in [5.41, 5.74) is 5.07. The fourth-order valence-electron chi connectivity index (χ4n) is 3.78. The Kier molecular flexibility index (Phi) is 4.94. The fraction of sp³-hybridized carbons (Fsp3) is 0.167. The second-order valence-corrected chi connectivity index (χ2v) is 6.97. The number of hydrogen-bond donors (Lipinski definition) is 1. The van der Waals surface area contributed by atoms with Crippen LogP contribution in [0.25, 0.3) is 11.1 Å². The molecule has 4 nitrogen and oxygen atoms in total. The van der Waals surface area contributed by atoms with Crippen LogP contribution in [-0.4, -0.2) is 24.9 Å². The van der Waals surface area contributed by atoms with Gasteiger partial charge in [-0.25, -0.2) is 0 Å². The number of carbonyl (C=O) groups is 2. The highest BCUT2D eigenvalue weighted by Crippen LogP contribution is 2.32. The molecule has 0 fully saturated rings. The van der Waals surface area contributed by atoms with Gasteiger partial charge < -0.3 is 5.32 Å². The topological polar surface area (TPSA) is 49.4 Å². The van der Waals surface area contributed by atoms with Gasteiger partial charge in [0, 0.05) is 19.2 Å². The van der Waals surface area contributed by atoms with Crippen molar-refractivity contribution in [1.29, 1.82) is 0 Å². The van der Waals surface area contributed by atoms with Crippen LogP contribution < -0.4 is 10.2 Å². The summed E-state index contributed by atoms with van der Waals surface area (Å²) in [5, 5.41) is 2.68. The average Bonchev–Trinajstić information content (AvgIpc) is 3.14. The zero-order valence-corrected chi connectivity index (χ0v) is 15.8. The minimum Gasteiger partial charge on any atom is -0.357 e. The molecule has 0 saturated carbocycles. The highest BCUT2D eigenvalue weighted by atomic mass is 16.2. The molecule has 2 amide bonds. The summed E-state index contributed by atoms with van der Waals surface area (Å²) in [6.45, 7) is 0. The van der Waals surface area contributed by atoms with E-state index in [1.165, 1.54) is 0 Å². The number of fused-ring (bicyclic) bond motifs is 1. The maximum Gasteiger partial charge on any atom is 0.243 e. The molecule has 1 aliphatic heterocycles. The third-order valence-corrected chi connectivity index (χ3v) is 5.21. The maximum absolute atomic E-state index is 13.1. The number of nitrogens with one attached hydrogen (secondary N) is 1. The number of anilines is 1. The molecule has 0 saturated heterocycles. The first kappa shape index (κ1) is 18.0. The van der Waals surface area contributed by atoms with Crippen molar-refractivity contribution in [2.24, 2.45) is 0 Å². The summed E-state index contributed by atoms with van der Waals surface area (Å²) in [6.07, 6.45) is 0.811. The van der Waals surface area contributed by atoms with E-state index in [4.69, 9.17) is 0 Å². The Labute approximate surface area is 164 Å². The van der Waals surface area contributed by atoms with Gasteiger partial charge in [-0.3, -0.25) is 14.5 Å². The molecule has 0 spiro atoms. The summed E-state index contributed by atoms with van der Waals surface area (Å²) < 4.78 is 0. The van der Waals surface area contributed by atoms with Crippen LogP contribution in [0.4, 0.5) is 5.69 Å². The SMILES string of the molecule is CNC(=O)C1Cc2ccccc2N1C(=O)Cc1ccc(-c2ccccc2)cc1. The third-order valence-electron chi connectivity index (χ3n) is 5.21. The van der Waals surface area contributed by atoms with Crippen LogP contribution in [0.5, 0.6) is 0 Å². The number of hydrogen-bond acceptors (Lipinski definition) is 2. The Morgan fingerprint density at radius 3 is 2.25 bits per heavy atom. The lowest BCUT2D eigenvalue weighted by molar-refractivity contribution is -0.125. The van der Waals surface area contributed by atoms with Gasteiger partial charge in [0.05, 0.1) is 6.42 Å². The molecule has 4 rings (SSSR count). The summed E-state index contributed by atoms with van der Waals surface area (Å²) in [6, 6.07) is 25.4. The van der Waals surface area contributed by atoms with Gasteiger partial charge in [-0.1, -0.05) is 72.8 Å². The van der Waals surface area contributed by atoms with Crippen LogP contribution in [0.3, 0.4) is 0 Å². The molecule has 0 bridgehead atoms. The molecule has 140 valence electrons. The average molecular weight is 370 g/mol. The Hall–Kier alpha value is -3.40. The maximum atomic E-state index is 13.1. The number of carbonyl (C=O) groups excluding carboxylic acids is 2. The summed E-state index contributed by atoms with van der Waals surface area (Å²) >= 11 is 0. The highest BCUT2D eigenvalue weighted by Gasteiger charge is 2.37. The second kappa shape index (κ2) is 7.69. The zero-order chi connectivity index (χ0) is 19.5. The minimum atomic E-state index is -0.488. The lowest BCUT2D eigenvalue weighted by atomic mass is 10.0. The highest BCUT2D eigenvalue weighted by molar-refractivity contribution is 6.04. The second-order valence-electron chi connectivity index (χ2n) is 6.97. The van der Waals surface area contributed by atoms with E-state index < -0.39 is 6.04 Å². The number of likely N-dealkylation sites (N-methyl/N-ethyl adjacent to an activating group) is 1. The lowest BCUT2D eigenvalue weighted by Crippen LogP contribution is -2.47. The van der Waals surface area contributed by atoms with Crippen LogP contribution in [0, 0.1) is 0 Å². The Bertz CT molecular complexity index is 997. The van der Waals surface area contributed by atoms with E-state index >= 15 is 0 Å². The molecule has 1 heterocycles. The quantitative estimate of drug-likeness (QED) is 0.763. The van der Waals surface area contributed by atoms with E-state index in [1.54, 1.807) is 11.9 Å². The van der Waals surface area contributed by atoms with E-state index in [2.05, 4.69) is 17.4 Å². The third kappa shape index (κ3) is 3.41. The van der Waals surface area contributed by atoms with E-state index in [0.717, 1.165) is 27.9 Å². The van der Waals surface area contributed by atoms with Crippen molar-refractivity contribution in [1.82, 2.24) is 5.32 Å². The molecule has 28 heavy (non-hydrogen) atoms. The molecule has 3 aromatic rings. The molecule has 1 N–H and O–H groups in total. The van der Waals surface area contributed by atoms with Crippen molar-refractivity contribution in [2.75, 3.05) is 11.9 Å². The molecular formula is C24H22N2O2. The molecular weight excluding hydrogens is 348 g/mol. The van der Waals surface area contributed by atoms with Gasteiger partial charge in [-0.2, -0.15) is 0 Å². The largest absolute Gasteiger partial charge is 0.357 e. The number of rotatable bonds is 4. The van der Waals surface area contributed by atoms with E-state index in [9.17, 15) is 9.59 Å². The molecule has 1 atom stereocenters. The Morgan fingerprint density at radius 1 is 0.893 bits per heavy atom. The number of nitrogens with zero attached hydrogens (tertiary/aromatic N) is 1. The molecule has 3 aromatic carbocycles. The van der Waals surface area contributed by atoms with E-state index in [0.29, 0.717) is 6.42 Å². The first-order valence-electron chi connectivity index (χ1n) is 9.43. The van der Waals surface area contributed by atoms with Gasteiger partial charge >= 0.3 is 0 Å². The predicted octanol–water partition coefficient (Wildman–Crippen LogP) is 3.60. The first-order valence-corrected chi connectivity index (χ1v) is 9.43. The molecule has 0 aliphatic carbocycles. The normalized spacial score (nSPS) is 15.2. The number of para-hydroxylation sites is 1. The molecule has 1 aliphatic rings. The van der Waals surface area contributed by atoms with Crippen molar-refractivity contribution >= 4 is 17.5 Å². The van der Waals surface area contributed by atoms with Gasteiger partial charge in [0.2, 0.25) is 11.8 Å². The van der Waals surface area contributed by atoms with Gasteiger partial charge in [-0.15, -0.1) is 0 Å². The predicted molar refractivity (Wildman–Crippen MR) is 111 cm³/mol. The Balaban J connectivity index is 1.56.